The van der Waals surface area contributed by atoms with E-state index in [2.05, 4.69) is 34.3 Å². The molecule has 0 aliphatic heterocycles. The SMILES string of the molecule is CC(C)n1c(=O)c(-c2cc(F)c(NC(=O)[C@H]3C[C@H]3F)c(F)c2F)cc2cnc(N[C@H]3CC[C@H](N(C)C)CC3)nc21.Cl. The summed E-state index contributed by atoms with van der Waals surface area (Å²) in [6, 6.07) is 2.25. The van der Waals surface area contributed by atoms with Crippen LogP contribution < -0.4 is 16.2 Å². The maximum atomic E-state index is 15.2. The molecular weight excluding hydrogens is 564 g/mol. The summed E-state index contributed by atoms with van der Waals surface area (Å²) in [7, 11) is 4.14. The number of alkyl halides is 1. The summed E-state index contributed by atoms with van der Waals surface area (Å²) in [5, 5.41) is 5.66. The highest BCUT2D eigenvalue weighted by atomic mass is 35.5. The lowest BCUT2D eigenvalue weighted by molar-refractivity contribution is -0.117. The number of pyridine rings is 1. The van der Waals surface area contributed by atoms with Gasteiger partial charge in [0.1, 0.15) is 17.5 Å². The van der Waals surface area contributed by atoms with Crippen LogP contribution in [-0.4, -0.2) is 57.7 Å². The molecule has 0 radical (unpaired) electrons. The number of aromatic nitrogens is 3. The number of carbonyl (C=O) groups excluding carboxylic acids is 1. The van der Waals surface area contributed by atoms with E-state index in [9.17, 15) is 22.8 Å². The second-order valence-corrected chi connectivity index (χ2v) is 11.2. The van der Waals surface area contributed by atoms with E-state index in [4.69, 9.17) is 0 Å². The molecule has 41 heavy (non-hydrogen) atoms. The van der Waals surface area contributed by atoms with Gasteiger partial charge in [0.15, 0.2) is 17.5 Å². The third kappa shape index (κ3) is 6.04. The lowest BCUT2D eigenvalue weighted by atomic mass is 9.91. The molecule has 222 valence electrons. The number of nitrogens with zero attached hydrogens (tertiary/aromatic N) is 4. The maximum absolute atomic E-state index is 15.2. The van der Waals surface area contributed by atoms with Gasteiger partial charge in [-0.25, -0.2) is 22.5 Å². The van der Waals surface area contributed by atoms with Crippen LogP contribution in [0.1, 0.15) is 52.0 Å². The Morgan fingerprint density at radius 3 is 2.32 bits per heavy atom. The van der Waals surface area contributed by atoms with Gasteiger partial charge in [-0.3, -0.25) is 14.2 Å². The van der Waals surface area contributed by atoms with Crippen molar-refractivity contribution < 1.29 is 22.4 Å². The number of halogens is 5. The van der Waals surface area contributed by atoms with E-state index in [1.54, 1.807) is 13.8 Å². The van der Waals surface area contributed by atoms with E-state index in [-0.39, 0.29) is 30.4 Å². The van der Waals surface area contributed by atoms with Gasteiger partial charge in [-0.15, -0.1) is 12.4 Å². The molecule has 2 aliphatic carbocycles. The zero-order valence-corrected chi connectivity index (χ0v) is 24.0. The number of carbonyl (C=O) groups is 1. The molecule has 0 unspecified atom stereocenters. The minimum Gasteiger partial charge on any atom is -0.351 e. The van der Waals surface area contributed by atoms with Crippen LogP contribution in [0.2, 0.25) is 0 Å². The van der Waals surface area contributed by atoms with Crippen LogP contribution in [0, 0.1) is 23.4 Å². The number of hydrogen-bond acceptors (Lipinski definition) is 6. The fourth-order valence-electron chi connectivity index (χ4n) is 5.34. The number of amides is 1. The van der Waals surface area contributed by atoms with Crippen LogP contribution in [0.15, 0.2) is 23.1 Å². The van der Waals surface area contributed by atoms with Crippen molar-refractivity contribution in [3.63, 3.8) is 0 Å². The van der Waals surface area contributed by atoms with E-state index < -0.39 is 58.3 Å². The molecule has 0 spiro atoms. The van der Waals surface area contributed by atoms with E-state index in [0.717, 1.165) is 25.7 Å². The van der Waals surface area contributed by atoms with Crippen LogP contribution in [0.3, 0.4) is 0 Å². The second-order valence-electron chi connectivity index (χ2n) is 11.2. The molecule has 1 aromatic carbocycles. The number of rotatable bonds is 7. The van der Waals surface area contributed by atoms with Crippen molar-refractivity contribution in [1.82, 2.24) is 19.4 Å². The standard InChI is InChI=1S/C28H32F4N6O2.ClH/c1-13(2)38-25-14(12-33-28(36-25)34-15-5-7-16(8-6-15)37(3)4)9-18(27(38)40)17-10-21(30)24(23(32)22(17)31)35-26(39)19-11-20(19)29;/h9-10,12-13,15-16,19-20H,5-8,11H2,1-4H3,(H,35,39)(H,33,34,36);1H/t15-,16-,19-,20+;/m0./s1. The molecule has 2 saturated carbocycles. The molecule has 2 aromatic heterocycles. The Balaban J connectivity index is 0.00000387. The lowest BCUT2D eigenvalue weighted by Gasteiger charge is -2.33. The van der Waals surface area contributed by atoms with Crippen LogP contribution in [0.5, 0.6) is 0 Å². The molecule has 2 aliphatic rings. The topological polar surface area (TPSA) is 92.1 Å². The predicted molar refractivity (Wildman–Crippen MR) is 152 cm³/mol. The van der Waals surface area contributed by atoms with Crippen molar-refractivity contribution >= 4 is 41.0 Å². The van der Waals surface area contributed by atoms with Crippen molar-refractivity contribution in [2.75, 3.05) is 24.7 Å². The molecule has 5 rings (SSSR count). The highest BCUT2D eigenvalue weighted by Crippen LogP contribution is 2.37. The van der Waals surface area contributed by atoms with E-state index >= 15 is 4.39 Å². The summed E-state index contributed by atoms with van der Waals surface area (Å²) < 4.78 is 59.6. The van der Waals surface area contributed by atoms with Crippen molar-refractivity contribution in [2.24, 2.45) is 5.92 Å². The van der Waals surface area contributed by atoms with Crippen LogP contribution >= 0.6 is 12.4 Å². The summed E-state index contributed by atoms with van der Waals surface area (Å²) in [6.07, 6.45) is 4.01. The first kappa shape index (κ1) is 30.7. The zero-order chi connectivity index (χ0) is 28.9. The van der Waals surface area contributed by atoms with Gasteiger partial charge >= 0.3 is 0 Å². The Morgan fingerprint density at radius 2 is 1.73 bits per heavy atom. The summed E-state index contributed by atoms with van der Waals surface area (Å²) in [6.45, 7) is 3.49. The van der Waals surface area contributed by atoms with Gasteiger partial charge in [-0.2, -0.15) is 4.98 Å². The Bertz CT molecular complexity index is 1520. The Hall–Kier alpha value is -3.25. The first-order chi connectivity index (χ1) is 19.0. The number of anilines is 2. The minimum atomic E-state index is -1.67. The number of fused-ring (bicyclic) bond motifs is 1. The molecule has 2 fully saturated rings. The molecule has 0 saturated heterocycles. The van der Waals surface area contributed by atoms with E-state index in [1.807, 2.05) is 5.32 Å². The Labute approximate surface area is 240 Å². The first-order valence-corrected chi connectivity index (χ1v) is 13.4. The third-order valence-electron chi connectivity index (χ3n) is 7.80. The van der Waals surface area contributed by atoms with Gasteiger partial charge in [-0.1, -0.05) is 0 Å². The van der Waals surface area contributed by atoms with Crippen molar-refractivity contribution in [3.05, 3.63) is 46.1 Å². The summed E-state index contributed by atoms with van der Waals surface area (Å²) >= 11 is 0. The quantitative estimate of drug-likeness (QED) is 0.278. The summed E-state index contributed by atoms with van der Waals surface area (Å²) in [5.74, 6) is -6.06. The molecule has 13 heteroatoms. The Kier molecular flexibility index (Phi) is 8.93. The number of benzene rings is 1. The monoisotopic (exact) mass is 596 g/mol. The molecule has 8 nitrogen and oxygen atoms in total. The van der Waals surface area contributed by atoms with Gasteiger partial charge in [0, 0.05) is 35.3 Å². The average Bonchev–Trinajstić information content (AvgIpc) is 3.65. The van der Waals surface area contributed by atoms with Gasteiger partial charge < -0.3 is 15.5 Å². The molecule has 1 amide bonds. The van der Waals surface area contributed by atoms with Crippen LogP contribution in [-0.2, 0) is 4.79 Å². The molecule has 2 N–H and O–H groups in total. The maximum Gasteiger partial charge on any atom is 0.260 e. The molecular formula is C28H33ClF4N6O2. The van der Waals surface area contributed by atoms with Crippen LogP contribution in [0.25, 0.3) is 22.2 Å². The van der Waals surface area contributed by atoms with Gasteiger partial charge in [0.25, 0.3) is 5.56 Å². The van der Waals surface area contributed by atoms with Crippen molar-refractivity contribution in [1.29, 1.82) is 0 Å². The highest BCUT2D eigenvalue weighted by Gasteiger charge is 2.44. The van der Waals surface area contributed by atoms with Crippen LogP contribution in [0.4, 0.5) is 29.2 Å². The summed E-state index contributed by atoms with van der Waals surface area (Å²) in [4.78, 5) is 36.7. The normalized spacial score (nSPS) is 22.1. The van der Waals surface area contributed by atoms with Gasteiger partial charge in [0.2, 0.25) is 11.9 Å². The van der Waals surface area contributed by atoms with Crippen molar-refractivity contribution in [2.45, 2.75) is 70.2 Å². The lowest BCUT2D eigenvalue weighted by Crippen LogP contribution is -2.36. The zero-order valence-electron chi connectivity index (χ0n) is 23.2. The molecule has 3 aromatic rings. The largest absolute Gasteiger partial charge is 0.351 e. The highest BCUT2D eigenvalue weighted by molar-refractivity contribution is 5.95. The number of hydrogen-bond donors (Lipinski definition) is 2. The second kappa shape index (κ2) is 11.9. The fraction of sp³-hybridized carbons (Fsp3) is 0.500. The van der Waals surface area contributed by atoms with Gasteiger partial charge in [-0.05, 0) is 72.2 Å². The average molecular weight is 597 g/mol. The predicted octanol–water partition coefficient (Wildman–Crippen LogP) is 5.46. The van der Waals surface area contributed by atoms with Crippen molar-refractivity contribution in [3.8, 4) is 11.1 Å². The minimum absolute atomic E-state index is 0. The summed E-state index contributed by atoms with van der Waals surface area (Å²) in [5.41, 5.74) is -2.30. The van der Waals surface area contributed by atoms with E-state index in [1.165, 1.54) is 16.8 Å². The molecule has 2 heterocycles. The third-order valence-corrected chi connectivity index (χ3v) is 7.80. The smallest absolute Gasteiger partial charge is 0.260 e. The number of nitrogens with one attached hydrogen (secondary N) is 2. The Morgan fingerprint density at radius 1 is 1.07 bits per heavy atom. The van der Waals surface area contributed by atoms with Gasteiger partial charge in [0.05, 0.1) is 11.5 Å². The van der Waals surface area contributed by atoms with E-state index in [0.29, 0.717) is 29.1 Å². The molecule has 0 bridgehead atoms. The first-order valence-electron chi connectivity index (χ1n) is 13.4. The fourth-order valence-corrected chi connectivity index (χ4v) is 5.34. The molecule has 2 atom stereocenters.